The van der Waals surface area contributed by atoms with Gasteiger partial charge in [-0.15, -0.1) is 0 Å². The zero-order valence-electron chi connectivity index (χ0n) is 34.1. The van der Waals surface area contributed by atoms with Gasteiger partial charge in [-0.25, -0.2) is 22.6 Å². The van der Waals surface area contributed by atoms with E-state index in [1.54, 1.807) is 70.2 Å². The van der Waals surface area contributed by atoms with Gasteiger partial charge in [0.25, 0.3) is 11.8 Å². The smallest absolute Gasteiger partial charge is 0.462 e. The van der Waals surface area contributed by atoms with Crippen LogP contribution in [0.5, 0.6) is 5.75 Å². The Bertz CT molecular complexity index is 2160. The number of nitrogens with one attached hydrogen (secondary N) is 1. The van der Waals surface area contributed by atoms with Crippen LogP contribution < -0.4 is 9.84 Å². The number of rotatable bonds is 16. The number of alkyl carbamates (subject to hydrolysis) is 1. The number of benzene rings is 3. The van der Waals surface area contributed by atoms with Gasteiger partial charge in [0.15, 0.2) is 9.84 Å². The molecule has 2 aliphatic rings. The predicted octanol–water partition coefficient (Wildman–Crippen LogP) is 5.86. The second-order valence-corrected chi connectivity index (χ2v) is 19.5. The van der Waals surface area contributed by atoms with Crippen molar-refractivity contribution < 1.29 is 69.8 Å². The molecular formula is C41H49N2O15PS. The molecule has 0 bridgehead atoms. The van der Waals surface area contributed by atoms with Crippen LogP contribution in [0.2, 0.25) is 0 Å². The molecule has 0 aliphatic carbocycles. The van der Waals surface area contributed by atoms with Gasteiger partial charge in [-0.2, -0.15) is 0 Å². The maximum atomic E-state index is 14.0. The first kappa shape index (κ1) is 45.8. The van der Waals surface area contributed by atoms with E-state index in [1.165, 1.54) is 43.1 Å². The first-order valence-electron chi connectivity index (χ1n) is 19.1. The number of nitrogens with zero attached hydrogens (tertiary/aromatic N) is 1. The molecule has 0 spiro atoms. The van der Waals surface area contributed by atoms with Crippen LogP contribution >= 0.6 is 7.60 Å². The molecule has 2 aliphatic heterocycles. The summed E-state index contributed by atoms with van der Waals surface area (Å²) in [5, 5.41) is 3.07. The van der Waals surface area contributed by atoms with E-state index in [9.17, 15) is 37.0 Å². The van der Waals surface area contributed by atoms with Crippen molar-refractivity contribution in [1.82, 2.24) is 10.4 Å². The minimum atomic E-state index is -4.07. The Hall–Kier alpha value is -5.29. The van der Waals surface area contributed by atoms with Crippen LogP contribution in [0.3, 0.4) is 0 Å². The van der Waals surface area contributed by atoms with E-state index in [1.807, 2.05) is 6.92 Å². The fourth-order valence-corrected chi connectivity index (χ4v) is 8.85. The number of hydroxylamine groups is 2. The molecule has 2 heterocycles. The van der Waals surface area contributed by atoms with Gasteiger partial charge in [0, 0.05) is 25.9 Å². The fraction of sp³-hybridized carbons (Fsp3) is 0.439. The molecular weight excluding hydrogens is 823 g/mol. The van der Waals surface area contributed by atoms with Gasteiger partial charge in [0.2, 0.25) is 0 Å². The number of amides is 3. The van der Waals surface area contributed by atoms with Crippen molar-refractivity contribution in [3.8, 4) is 5.75 Å². The Morgan fingerprint density at radius 1 is 0.917 bits per heavy atom. The van der Waals surface area contributed by atoms with Crippen molar-refractivity contribution in [1.29, 1.82) is 0 Å². The van der Waals surface area contributed by atoms with Crippen LogP contribution in [0.4, 0.5) is 9.59 Å². The molecule has 5 rings (SSSR count). The SMILES string of the molecule is Cc1ccc(S(=O)(=O)CC(Cc2ccccc2)OC(=O)NC2C(OP(C)(=O)Oc3ccc(COC(=O)ON4C(=O)CCC4=O)cc3)[C@@H](COC(=O)C(C)(C)C)O[C@H]2C)cc1. The highest BCUT2D eigenvalue weighted by Gasteiger charge is 2.48. The van der Waals surface area contributed by atoms with Crippen molar-refractivity contribution in [2.24, 2.45) is 5.41 Å². The maximum Gasteiger partial charge on any atom is 0.534 e. The summed E-state index contributed by atoms with van der Waals surface area (Å²) in [6.07, 6.45) is -6.52. The largest absolute Gasteiger partial charge is 0.534 e. The van der Waals surface area contributed by atoms with Gasteiger partial charge in [0.1, 0.15) is 37.3 Å². The molecule has 3 amide bonds. The van der Waals surface area contributed by atoms with E-state index < -0.39 is 89.1 Å². The first-order chi connectivity index (χ1) is 28.2. The van der Waals surface area contributed by atoms with Gasteiger partial charge in [-0.05, 0) is 70.0 Å². The van der Waals surface area contributed by atoms with Crippen molar-refractivity contribution in [2.45, 2.75) is 95.8 Å². The Balaban J connectivity index is 1.28. The molecule has 4 unspecified atom stereocenters. The van der Waals surface area contributed by atoms with Gasteiger partial charge in [0.05, 0.1) is 28.2 Å². The third-order valence-electron chi connectivity index (χ3n) is 9.29. The topological polar surface area (TPSA) is 216 Å². The molecule has 3 aromatic rings. The summed E-state index contributed by atoms with van der Waals surface area (Å²) in [6.45, 7) is 9.03. The Labute approximate surface area is 348 Å². The molecule has 3 aromatic carbocycles. The number of hydrogen-bond donors (Lipinski definition) is 1. The van der Waals surface area contributed by atoms with Crippen LogP contribution in [0.15, 0.2) is 83.8 Å². The minimum Gasteiger partial charge on any atom is -0.462 e. The van der Waals surface area contributed by atoms with Crippen molar-refractivity contribution in [3.63, 3.8) is 0 Å². The van der Waals surface area contributed by atoms with Gasteiger partial charge in [-0.1, -0.05) is 65.2 Å². The molecule has 19 heteroatoms. The average molecular weight is 873 g/mol. The summed E-state index contributed by atoms with van der Waals surface area (Å²) >= 11 is 0. The highest BCUT2D eigenvalue weighted by Crippen LogP contribution is 2.48. The van der Waals surface area contributed by atoms with Crippen molar-refractivity contribution in [3.05, 3.63) is 95.6 Å². The number of carbonyl (C=O) groups excluding carboxylic acids is 5. The molecule has 1 N–H and O–H groups in total. The normalized spacial score (nSPS) is 20.8. The Morgan fingerprint density at radius 2 is 1.55 bits per heavy atom. The Morgan fingerprint density at radius 3 is 2.17 bits per heavy atom. The van der Waals surface area contributed by atoms with E-state index in [0.717, 1.165) is 11.1 Å². The highest BCUT2D eigenvalue weighted by molar-refractivity contribution is 7.91. The number of carbonyl (C=O) groups is 5. The molecule has 2 fully saturated rings. The van der Waals surface area contributed by atoms with Crippen molar-refractivity contribution in [2.75, 3.05) is 19.0 Å². The number of aryl methyl sites for hydroxylation is 1. The predicted molar refractivity (Wildman–Crippen MR) is 213 cm³/mol. The summed E-state index contributed by atoms with van der Waals surface area (Å²) in [6, 6.07) is 20.1. The number of esters is 1. The van der Waals surface area contributed by atoms with Crippen LogP contribution in [0, 0.1) is 12.3 Å². The lowest BCUT2D eigenvalue weighted by molar-refractivity contribution is -0.177. The highest BCUT2D eigenvalue weighted by atomic mass is 32.2. The van der Waals surface area contributed by atoms with E-state index in [-0.39, 0.29) is 43.1 Å². The van der Waals surface area contributed by atoms with E-state index in [2.05, 4.69) is 10.2 Å². The number of imide groups is 1. The zero-order chi connectivity index (χ0) is 43.8. The minimum absolute atomic E-state index is 0.0698. The summed E-state index contributed by atoms with van der Waals surface area (Å²) in [5.41, 5.74) is 1.20. The molecule has 0 aromatic heterocycles. The quantitative estimate of drug-likeness (QED) is 0.0772. The summed E-state index contributed by atoms with van der Waals surface area (Å²) in [4.78, 5) is 66.6. The molecule has 324 valence electrons. The second kappa shape index (κ2) is 19.4. The zero-order valence-corrected chi connectivity index (χ0v) is 35.8. The van der Waals surface area contributed by atoms with Crippen molar-refractivity contribution >= 4 is 47.5 Å². The van der Waals surface area contributed by atoms with Gasteiger partial charge >= 0.3 is 25.8 Å². The van der Waals surface area contributed by atoms with Gasteiger partial charge in [-0.3, -0.25) is 23.7 Å². The lowest BCUT2D eigenvalue weighted by Gasteiger charge is -2.28. The van der Waals surface area contributed by atoms with E-state index >= 15 is 0 Å². The summed E-state index contributed by atoms with van der Waals surface area (Å²) in [5.74, 6) is -2.29. The molecule has 0 saturated carbocycles. The van der Waals surface area contributed by atoms with Gasteiger partial charge < -0.3 is 28.8 Å². The van der Waals surface area contributed by atoms with Crippen LogP contribution in [-0.4, -0.2) is 93.0 Å². The summed E-state index contributed by atoms with van der Waals surface area (Å²) in [7, 11) is -7.98. The lowest BCUT2D eigenvalue weighted by atomic mass is 9.97. The number of hydrogen-bond acceptors (Lipinski definition) is 15. The Kier molecular flexibility index (Phi) is 14.8. The van der Waals surface area contributed by atoms with Crippen LogP contribution in [0.25, 0.3) is 0 Å². The molecule has 17 nitrogen and oxygen atoms in total. The molecule has 0 radical (unpaired) electrons. The number of sulfone groups is 1. The first-order valence-corrected chi connectivity index (χ1v) is 22.7. The van der Waals surface area contributed by atoms with E-state index in [0.29, 0.717) is 10.6 Å². The second-order valence-electron chi connectivity index (χ2n) is 15.5. The van der Waals surface area contributed by atoms with E-state index in [4.69, 9.17) is 28.0 Å². The van der Waals surface area contributed by atoms with Crippen LogP contribution in [0.1, 0.15) is 57.2 Å². The molecule has 6 atom stereocenters. The third-order valence-corrected chi connectivity index (χ3v) is 12.3. The lowest BCUT2D eigenvalue weighted by Crippen LogP contribution is -2.49. The standard InChI is InChI=1S/C41H49N2O15PS/c1-26-12-18-32(19-13-26)60(50,51)25-31(22-28-10-8-7-9-11-28)55-39(47)42-36-27(2)54-33(24-52-38(46)41(3,4)5)37(36)58-59(6,49)57-30-16-14-29(15-17-30)23-53-40(48)56-43-34(44)20-21-35(43)45/h7-19,27,31,33,36-37H,20-25H2,1-6H3,(H,42,47)/t27-,31?,33+,36?,37?,59?/m0/s1. The third kappa shape index (κ3) is 12.9. The summed E-state index contributed by atoms with van der Waals surface area (Å²) < 4.78 is 75.1. The van der Waals surface area contributed by atoms with Crippen LogP contribution in [-0.2, 0) is 70.1 Å². The fourth-order valence-electron chi connectivity index (χ4n) is 6.18. The average Bonchev–Trinajstić information content (AvgIpc) is 3.64. The number of ether oxygens (including phenoxy) is 4. The monoisotopic (exact) mass is 872 g/mol. The molecule has 2 saturated heterocycles. The molecule has 60 heavy (non-hydrogen) atoms. The maximum absolute atomic E-state index is 14.0.